The molecule has 0 radical (unpaired) electrons. The molecule has 1 N–H and O–H groups in total. The lowest BCUT2D eigenvalue weighted by Crippen LogP contribution is -2.40. The fourth-order valence-corrected chi connectivity index (χ4v) is 5.23. The highest BCUT2D eigenvalue weighted by atomic mass is 32.2. The first-order chi connectivity index (χ1) is 15.5. The number of carbonyl (C=O) groups excluding carboxylic acids is 1. The molecule has 0 atom stereocenters. The number of sulfonamides is 1. The number of piperidine rings is 1. The minimum absolute atomic E-state index is 0.00970. The molecular weight excluding hydrogens is 428 g/mol. The van der Waals surface area contributed by atoms with Crippen molar-refractivity contribution in [2.24, 2.45) is 5.92 Å². The smallest absolute Gasteiger partial charge is 0.240 e. The summed E-state index contributed by atoms with van der Waals surface area (Å²) in [5, 5.41) is 0. The molecule has 7 nitrogen and oxygen atoms in total. The van der Waals surface area contributed by atoms with E-state index < -0.39 is 10.0 Å². The maximum absolute atomic E-state index is 12.6. The summed E-state index contributed by atoms with van der Waals surface area (Å²) in [5.74, 6) is 1.55. The van der Waals surface area contributed by atoms with Crippen LogP contribution in [0.25, 0.3) is 0 Å². The molecule has 0 aromatic heterocycles. The van der Waals surface area contributed by atoms with Gasteiger partial charge in [0.15, 0.2) is 11.5 Å². The Morgan fingerprint density at radius 2 is 1.72 bits per heavy atom. The van der Waals surface area contributed by atoms with E-state index in [1.807, 2.05) is 11.0 Å². The van der Waals surface area contributed by atoms with Crippen LogP contribution in [0.5, 0.6) is 11.5 Å². The van der Waals surface area contributed by atoms with Crippen LogP contribution < -0.4 is 14.2 Å². The van der Waals surface area contributed by atoms with Crippen molar-refractivity contribution in [3.63, 3.8) is 0 Å². The predicted molar refractivity (Wildman–Crippen MR) is 121 cm³/mol. The van der Waals surface area contributed by atoms with Gasteiger partial charge in [-0.25, -0.2) is 13.1 Å². The number of carbonyl (C=O) groups is 1. The van der Waals surface area contributed by atoms with Gasteiger partial charge in [0.05, 0.1) is 18.1 Å². The maximum atomic E-state index is 12.6. The summed E-state index contributed by atoms with van der Waals surface area (Å²) in [4.78, 5) is 14.5. The second kappa shape index (κ2) is 10.4. The van der Waals surface area contributed by atoms with Crippen LogP contribution in [0.1, 0.15) is 31.2 Å². The van der Waals surface area contributed by atoms with E-state index in [-0.39, 0.29) is 23.8 Å². The second-order valence-electron chi connectivity index (χ2n) is 8.32. The number of hydrogen-bond acceptors (Lipinski definition) is 5. The monoisotopic (exact) mass is 458 g/mol. The summed E-state index contributed by atoms with van der Waals surface area (Å²) in [6.07, 6.45) is 3.89. The van der Waals surface area contributed by atoms with E-state index in [2.05, 4.69) is 29.0 Å². The molecule has 0 saturated carbocycles. The Kier molecular flexibility index (Phi) is 7.32. The molecule has 0 aliphatic carbocycles. The van der Waals surface area contributed by atoms with Crippen LogP contribution in [-0.2, 0) is 21.2 Å². The van der Waals surface area contributed by atoms with E-state index in [0.29, 0.717) is 30.6 Å². The molecule has 1 saturated heterocycles. The highest BCUT2D eigenvalue weighted by Gasteiger charge is 2.24. The Morgan fingerprint density at radius 3 is 2.47 bits per heavy atom. The predicted octanol–water partition coefficient (Wildman–Crippen LogP) is 3.00. The molecule has 8 heteroatoms. The Morgan fingerprint density at radius 1 is 1.00 bits per heavy atom. The summed E-state index contributed by atoms with van der Waals surface area (Å²) >= 11 is 0. The van der Waals surface area contributed by atoms with Crippen molar-refractivity contribution in [1.29, 1.82) is 0 Å². The van der Waals surface area contributed by atoms with Gasteiger partial charge in [0.25, 0.3) is 0 Å². The van der Waals surface area contributed by atoms with Gasteiger partial charge in [0.2, 0.25) is 15.9 Å². The Labute approximate surface area is 189 Å². The molecule has 2 heterocycles. The summed E-state index contributed by atoms with van der Waals surface area (Å²) in [6.45, 7) is 2.56. The molecule has 0 unspecified atom stereocenters. The number of nitrogens with one attached hydrogen (secondary N) is 1. The quantitative estimate of drug-likeness (QED) is 0.690. The van der Waals surface area contributed by atoms with Crippen molar-refractivity contribution >= 4 is 15.9 Å². The zero-order valence-corrected chi connectivity index (χ0v) is 19.0. The van der Waals surface area contributed by atoms with Crippen LogP contribution in [0.15, 0.2) is 53.4 Å². The van der Waals surface area contributed by atoms with Gasteiger partial charge in [-0.05, 0) is 42.9 Å². The third kappa shape index (κ3) is 5.81. The highest BCUT2D eigenvalue weighted by Crippen LogP contribution is 2.31. The Balaban J connectivity index is 1.23. The number of nitrogens with zero attached hydrogens (tertiary/aromatic N) is 1. The van der Waals surface area contributed by atoms with Gasteiger partial charge < -0.3 is 14.4 Å². The summed E-state index contributed by atoms with van der Waals surface area (Å²) in [5.41, 5.74) is 1.33. The van der Waals surface area contributed by atoms with E-state index in [1.54, 1.807) is 6.07 Å². The van der Waals surface area contributed by atoms with Crippen molar-refractivity contribution in [2.45, 2.75) is 37.0 Å². The molecule has 172 valence electrons. The number of benzene rings is 2. The van der Waals surface area contributed by atoms with Crippen molar-refractivity contribution in [3.05, 3.63) is 54.1 Å². The van der Waals surface area contributed by atoms with Crippen molar-refractivity contribution in [3.8, 4) is 11.5 Å². The third-order valence-corrected chi connectivity index (χ3v) is 7.45. The molecule has 0 spiro atoms. The normalized spacial score (nSPS) is 17.1. The van der Waals surface area contributed by atoms with Crippen LogP contribution >= 0.6 is 0 Å². The average molecular weight is 459 g/mol. The fraction of sp³-hybridized carbons (Fsp3) is 0.458. The Bertz CT molecular complexity index is 1020. The van der Waals surface area contributed by atoms with E-state index in [4.69, 9.17) is 9.47 Å². The number of hydrogen-bond donors (Lipinski definition) is 1. The molecule has 1 amide bonds. The number of ether oxygens (including phenoxy) is 2. The van der Waals surface area contributed by atoms with Crippen molar-refractivity contribution < 1.29 is 22.7 Å². The van der Waals surface area contributed by atoms with E-state index in [0.717, 1.165) is 38.8 Å². The van der Waals surface area contributed by atoms with Gasteiger partial charge in [-0.15, -0.1) is 0 Å². The van der Waals surface area contributed by atoms with Crippen molar-refractivity contribution in [2.75, 3.05) is 32.8 Å². The minimum atomic E-state index is -3.73. The van der Waals surface area contributed by atoms with Gasteiger partial charge in [0.1, 0.15) is 0 Å². The standard InChI is InChI=1S/C24H30N2O5S/c27-24(26-13-10-20(11-14-26)17-19-5-2-1-3-6-19)9-12-25-32(28,29)21-7-8-22-23(18-21)31-16-4-15-30-22/h1-3,5-8,18,20,25H,4,9-17H2. The molecule has 4 rings (SSSR count). The molecule has 1 fully saturated rings. The third-order valence-electron chi connectivity index (χ3n) is 5.99. The lowest BCUT2D eigenvalue weighted by Gasteiger charge is -2.32. The average Bonchev–Trinajstić information content (AvgIpc) is 3.05. The van der Waals surface area contributed by atoms with Gasteiger partial charge >= 0.3 is 0 Å². The minimum Gasteiger partial charge on any atom is -0.490 e. The first-order valence-electron chi connectivity index (χ1n) is 11.2. The van der Waals surface area contributed by atoms with E-state index in [9.17, 15) is 13.2 Å². The van der Waals surface area contributed by atoms with Crippen LogP contribution in [-0.4, -0.2) is 52.1 Å². The van der Waals surface area contributed by atoms with Gasteiger partial charge in [-0.2, -0.15) is 0 Å². The van der Waals surface area contributed by atoms with E-state index >= 15 is 0 Å². The summed E-state index contributed by atoms with van der Waals surface area (Å²) < 4.78 is 38.9. The largest absolute Gasteiger partial charge is 0.490 e. The first-order valence-corrected chi connectivity index (χ1v) is 12.7. The molecule has 2 aromatic carbocycles. The number of fused-ring (bicyclic) bond motifs is 1. The van der Waals surface area contributed by atoms with Gasteiger partial charge in [0, 0.05) is 38.5 Å². The SMILES string of the molecule is O=C(CCNS(=O)(=O)c1ccc2c(c1)OCCCO2)N1CCC(Cc2ccccc2)CC1. The van der Waals surface area contributed by atoms with Crippen LogP contribution in [0.2, 0.25) is 0 Å². The summed E-state index contributed by atoms with van der Waals surface area (Å²) in [6, 6.07) is 15.0. The van der Waals surface area contributed by atoms with Crippen LogP contribution in [0.3, 0.4) is 0 Å². The number of amides is 1. The highest BCUT2D eigenvalue weighted by molar-refractivity contribution is 7.89. The lowest BCUT2D eigenvalue weighted by molar-refractivity contribution is -0.132. The van der Waals surface area contributed by atoms with Crippen molar-refractivity contribution in [1.82, 2.24) is 9.62 Å². The zero-order chi connectivity index (χ0) is 22.4. The molecule has 2 aliphatic heterocycles. The van der Waals surface area contributed by atoms with Gasteiger partial charge in [-0.1, -0.05) is 30.3 Å². The summed E-state index contributed by atoms with van der Waals surface area (Å²) in [7, 11) is -3.73. The number of likely N-dealkylation sites (tertiary alicyclic amines) is 1. The molecule has 2 aliphatic rings. The first kappa shape index (κ1) is 22.6. The fourth-order valence-electron chi connectivity index (χ4n) is 4.18. The number of rotatable bonds is 7. The van der Waals surface area contributed by atoms with Crippen LogP contribution in [0.4, 0.5) is 0 Å². The zero-order valence-electron chi connectivity index (χ0n) is 18.2. The molecule has 2 aromatic rings. The molecular formula is C24H30N2O5S. The van der Waals surface area contributed by atoms with Crippen LogP contribution in [0, 0.1) is 5.92 Å². The Hall–Kier alpha value is -2.58. The van der Waals surface area contributed by atoms with Gasteiger partial charge in [-0.3, -0.25) is 4.79 Å². The molecule has 32 heavy (non-hydrogen) atoms. The maximum Gasteiger partial charge on any atom is 0.240 e. The van der Waals surface area contributed by atoms with E-state index in [1.165, 1.54) is 17.7 Å². The second-order valence-corrected chi connectivity index (χ2v) is 10.1. The molecule has 0 bridgehead atoms. The topological polar surface area (TPSA) is 84.9 Å². The lowest BCUT2D eigenvalue weighted by atomic mass is 9.90.